The van der Waals surface area contributed by atoms with Crippen LogP contribution < -0.4 is 10.6 Å². The maximum Gasteiger partial charge on any atom is 0.210 e. The van der Waals surface area contributed by atoms with Crippen LogP contribution in [-0.2, 0) is 9.30 Å². The molecule has 0 aliphatic carbocycles. The van der Waals surface area contributed by atoms with Crippen molar-refractivity contribution in [1.29, 1.82) is 0 Å². The Hall–Kier alpha value is -1.81. The van der Waals surface area contributed by atoms with E-state index in [4.69, 9.17) is 4.74 Å². The van der Waals surface area contributed by atoms with Gasteiger partial charge in [0.2, 0.25) is 7.14 Å². The molecule has 0 heterocycles. The van der Waals surface area contributed by atoms with Crippen LogP contribution >= 0.6 is 7.14 Å². The van der Waals surface area contributed by atoms with Crippen molar-refractivity contribution in [3.8, 4) is 11.6 Å². The Morgan fingerprint density at radius 3 is 1.84 bits per heavy atom. The van der Waals surface area contributed by atoms with Gasteiger partial charge < -0.3 is 4.74 Å². The summed E-state index contributed by atoms with van der Waals surface area (Å²) in [4.78, 5) is 0. The van der Waals surface area contributed by atoms with Crippen molar-refractivity contribution in [2.45, 2.75) is 0 Å². The molecule has 0 spiro atoms. The minimum atomic E-state index is -2.89. The average molecular weight is 270 g/mol. The second-order valence-electron chi connectivity index (χ2n) is 4.00. The number of methoxy groups -OCH3 is 1. The number of hydrogen-bond donors (Lipinski definition) is 0. The molecule has 0 fully saturated rings. The van der Waals surface area contributed by atoms with Crippen molar-refractivity contribution >= 4 is 17.8 Å². The van der Waals surface area contributed by atoms with Crippen LogP contribution in [0.15, 0.2) is 60.7 Å². The summed E-state index contributed by atoms with van der Waals surface area (Å²) in [5, 5.41) is 1.51. The van der Waals surface area contributed by atoms with E-state index in [2.05, 4.69) is 11.6 Å². The van der Waals surface area contributed by atoms with Gasteiger partial charge in [0.05, 0.1) is 0 Å². The maximum atomic E-state index is 13.3. The van der Waals surface area contributed by atoms with Crippen LogP contribution in [0.2, 0.25) is 0 Å². The van der Waals surface area contributed by atoms with Gasteiger partial charge in [0, 0.05) is 17.7 Å². The quantitative estimate of drug-likeness (QED) is 0.633. The fraction of sp³-hybridized carbons (Fsp3) is 0.125. The second kappa shape index (κ2) is 6.38. The first-order valence-electron chi connectivity index (χ1n) is 5.98. The minimum Gasteiger partial charge on any atom is -0.372 e. The summed E-state index contributed by atoms with van der Waals surface area (Å²) in [7, 11) is -1.32. The Labute approximate surface area is 113 Å². The van der Waals surface area contributed by atoms with E-state index in [1.54, 1.807) is 7.11 Å². The number of rotatable bonds is 3. The van der Waals surface area contributed by atoms with Crippen molar-refractivity contribution in [3.63, 3.8) is 0 Å². The molecule has 0 aliphatic heterocycles. The van der Waals surface area contributed by atoms with Crippen LogP contribution in [-0.4, -0.2) is 13.7 Å². The molecule has 0 saturated carbocycles. The highest BCUT2D eigenvalue weighted by molar-refractivity contribution is 7.83. The topological polar surface area (TPSA) is 26.3 Å². The summed E-state index contributed by atoms with van der Waals surface area (Å²) < 4.78 is 18.2. The Morgan fingerprint density at radius 2 is 1.42 bits per heavy atom. The first-order chi connectivity index (χ1) is 9.27. The highest BCUT2D eigenvalue weighted by Crippen LogP contribution is 2.41. The zero-order chi connectivity index (χ0) is 13.6. The summed E-state index contributed by atoms with van der Waals surface area (Å²) in [5.74, 6) is 2.84. The van der Waals surface area contributed by atoms with E-state index in [0.717, 1.165) is 10.6 Å². The predicted octanol–water partition coefficient (Wildman–Crippen LogP) is 2.61. The standard InChI is InChI=1S/C16H15O2P/c1-18-13-8-14-19(17,15-9-4-2-5-10-15)16-11-6-3-7-12-16/h2-7,9-12H,13H2,1H3. The third-order valence-electron chi connectivity index (χ3n) is 2.69. The fourth-order valence-electron chi connectivity index (χ4n) is 1.77. The van der Waals surface area contributed by atoms with Crippen molar-refractivity contribution in [2.75, 3.05) is 13.7 Å². The van der Waals surface area contributed by atoms with Crippen LogP contribution in [0.3, 0.4) is 0 Å². The Morgan fingerprint density at radius 1 is 0.947 bits per heavy atom. The smallest absolute Gasteiger partial charge is 0.210 e. The van der Waals surface area contributed by atoms with Crippen molar-refractivity contribution < 1.29 is 9.30 Å². The lowest BCUT2D eigenvalue weighted by atomic mass is 10.4. The Kier molecular flexibility index (Phi) is 4.58. The highest BCUT2D eigenvalue weighted by Gasteiger charge is 2.24. The van der Waals surface area contributed by atoms with Gasteiger partial charge in [0.25, 0.3) is 0 Å². The van der Waals surface area contributed by atoms with Crippen LogP contribution in [0.25, 0.3) is 0 Å². The lowest BCUT2D eigenvalue weighted by Gasteiger charge is -2.12. The normalized spacial score (nSPS) is 10.6. The molecule has 0 aliphatic rings. The molecule has 2 aromatic carbocycles. The van der Waals surface area contributed by atoms with Crippen molar-refractivity contribution in [2.24, 2.45) is 0 Å². The van der Waals surface area contributed by atoms with E-state index in [0.29, 0.717) is 0 Å². The predicted molar refractivity (Wildman–Crippen MR) is 79.4 cm³/mol. The van der Waals surface area contributed by atoms with Gasteiger partial charge in [-0.3, -0.25) is 4.57 Å². The lowest BCUT2D eigenvalue weighted by Crippen LogP contribution is -2.14. The van der Waals surface area contributed by atoms with Crippen LogP contribution in [0.5, 0.6) is 0 Å². The first-order valence-corrected chi connectivity index (χ1v) is 7.68. The SMILES string of the molecule is COCC#CP(=O)(c1ccccc1)c1ccccc1. The summed E-state index contributed by atoms with van der Waals surface area (Å²) in [6, 6.07) is 18.7. The zero-order valence-corrected chi connectivity index (χ0v) is 11.6. The molecule has 0 amide bonds. The van der Waals surface area contributed by atoms with Crippen molar-refractivity contribution in [3.05, 3.63) is 60.7 Å². The van der Waals surface area contributed by atoms with Crippen molar-refractivity contribution in [1.82, 2.24) is 0 Å². The molecular formula is C16H15O2P. The van der Waals surface area contributed by atoms with Gasteiger partial charge in [0.15, 0.2) is 0 Å². The molecule has 2 nitrogen and oxygen atoms in total. The Balaban J connectivity index is 2.53. The molecule has 3 heteroatoms. The van der Waals surface area contributed by atoms with E-state index < -0.39 is 7.14 Å². The maximum absolute atomic E-state index is 13.3. The molecule has 0 saturated heterocycles. The summed E-state index contributed by atoms with van der Waals surface area (Å²) >= 11 is 0. The molecule has 2 aromatic rings. The van der Waals surface area contributed by atoms with E-state index in [1.807, 2.05) is 60.7 Å². The highest BCUT2D eigenvalue weighted by atomic mass is 31.2. The lowest BCUT2D eigenvalue weighted by molar-refractivity contribution is 0.240. The van der Waals surface area contributed by atoms with Gasteiger partial charge in [0.1, 0.15) is 6.61 Å². The summed E-state index contributed by atoms with van der Waals surface area (Å²) in [6.45, 7) is 0.281. The molecule has 0 atom stereocenters. The molecule has 0 unspecified atom stereocenters. The second-order valence-corrected chi connectivity index (χ2v) is 6.48. The van der Waals surface area contributed by atoms with Gasteiger partial charge in [-0.2, -0.15) is 0 Å². The molecule has 96 valence electrons. The molecule has 0 N–H and O–H groups in total. The van der Waals surface area contributed by atoms with E-state index in [9.17, 15) is 4.57 Å². The monoisotopic (exact) mass is 270 g/mol. The molecular weight excluding hydrogens is 255 g/mol. The number of benzene rings is 2. The van der Waals surface area contributed by atoms with Gasteiger partial charge >= 0.3 is 0 Å². The van der Waals surface area contributed by atoms with Crippen LogP contribution in [0.4, 0.5) is 0 Å². The summed E-state index contributed by atoms with van der Waals surface area (Å²) in [6.07, 6.45) is 0. The average Bonchev–Trinajstić information content (AvgIpc) is 2.49. The third kappa shape index (κ3) is 3.15. The van der Waals surface area contributed by atoms with Gasteiger partial charge in [-0.05, 0) is 5.66 Å². The Bertz CT molecular complexity index is 581. The van der Waals surface area contributed by atoms with E-state index >= 15 is 0 Å². The van der Waals surface area contributed by atoms with Gasteiger partial charge in [-0.25, -0.2) is 0 Å². The molecule has 2 rings (SSSR count). The van der Waals surface area contributed by atoms with Gasteiger partial charge in [-0.1, -0.05) is 66.6 Å². The summed E-state index contributed by atoms with van der Waals surface area (Å²) in [5.41, 5.74) is 2.91. The minimum absolute atomic E-state index is 0.281. The third-order valence-corrected chi connectivity index (χ3v) is 5.22. The fourth-order valence-corrected chi connectivity index (χ4v) is 3.80. The van der Waals surface area contributed by atoms with Crippen LogP contribution in [0.1, 0.15) is 0 Å². The largest absolute Gasteiger partial charge is 0.372 e. The zero-order valence-electron chi connectivity index (χ0n) is 10.7. The molecule has 0 radical (unpaired) electrons. The number of hydrogen-bond acceptors (Lipinski definition) is 2. The van der Waals surface area contributed by atoms with Gasteiger partial charge in [-0.15, -0.1) is 0 Å². The van der Waals surface area contributed by atoms with E-state index in [-0.39, 0.29) is 6.61 Å². The molecule has 0 bridgehead atoms. The van der Waals surface area contributed by atoms with Crippen LogP contribution in [0, 0.1) is 11.6 Å². The van der Waals surface area contributed by atoms with E-state index in [1.165, 1.54) is 0 Å². The number of ether oxygens (including phenoxy) is 1. The molecule has 19 heavy (non-hydrogen) atoms. The molecule has 0 aromatic heterocycles. The first kappa shape index (κ1) is 13.6.